The summed E-state index contributed by atoms with van der Waals surface area (Å²) in [5.74, 6) is 0.413. The molecule has 1 aliphatic rings. The molecule has 8 heteroatoms. The second kappa shape index (κ2) is 7.62. The van der Waals surface area contributed by atoms with Gasteiger partial charge in [-0.2, -0.15) is 0 Å². The third-order valence-electron chi connectivity index (χ3n) is 4.17. The van der Waals surface area contributed by atoms with Gasteiger partial charge in [-0.05, 0) is 12.1 Å². The summed E-state index contributed by atoms with van der Waals surface area (Å²) in [4.78, 5) is 30.5. The zero-order chi connectivity index (χ0) is 17.8. The first-order valence-electron chi connectivity index (χ1n) is 8.31. The fourth-order valence-corrected chi connectivity index (χ4v) is 2.98. The average molecular weight is 346 g/mol. The van der Waals surface area contributed by atoms with Crippen LogP contribution in [0.5, 0.6) is 0 Å². The lowest BCUT2D eigenvalue weighted by atomic mass is 10.2. The van der Waals surface area contributed by atoms with Crippen molar-refractivity contribution in [3.8, 4) is 0 Å². The number of anilines is 1. The highest BCUT2D eigenvalue weighted by Gasteiger charge is 2.24. The van der Waals surface area contributed by atoms with Gasteiger partial charge in [-0.25, -0.2) is 4.98 Å². The van der Waals surface area contributed by atoms with Gasteiger partial charge in [0.2, 0.25) is 11.9 Å². The van der Waals surface area contributed by atoms with Crippen LogP contribution in [0, 0.1) is 0 Å². The molecule has 1 saturated heterocycles. The number of hydrogen-bond donors (Lipinski definition) is 2. The summed E-state index contributed by atoms with van der Waals surface area (Å²) in [6.45, 7) is 3.48. The van der Waals surface area contributed by atoms with Crippen LogP contribution in [-0.4, -0.2) is 59.5 Å². The third kappa shape index (κ3) is 3.80. The number of morpholine rings is 1. The Labute approximate surface area is 145 Å². The number of amides is 1. The zero-order valence-corrected chi connectivity index (χ0v) is 14.1. The van der Waals surface area contributed by atoms with E-state index in [9.17, 15) is 14.7 Å². The van der Waals surface area contributed by atoms with Gasteiger partial charge in [0.1, 0.15) is 0 Å². The van der Waals surface area contributed by atoms with E-state index in [0.29, 0.717) is 43.1 Å². The Hall–Kier alpha value is -2.45. The summed E-state index contributed by atoms with van der Waals surface area (Å²) >= 11 is 0. The van der Waals surface area contributed by atoms with Crippen LogP contribution >= 0.6 is 0 Å². The summed E-state index contributed by atoms with van der Waals surface area (Å²) in [5.41, 5.74) is 0.459. The van der Waals surface area contributed by atoms with Crippen molar-refractivity contribution < 1.29 is 14.6 Å². The maximum atomic E-state index is 12.8. The molecule has 2 heterocycles. The van der Waals surface area contributed by atoms with Crippen molar-refractivity contribution >= 4 is 22.8 Å². The molecule has 8 nitrogen and oxygen atoms in total. The van der Waals surface area contributed by atoms with Gasteiger partial charge in [0.25, 0.3) is 5.56 Å². The van der Waals surface area contributed by atoms with Crippen LogP contribution in [0.4, 0.5) is 5.95 Å². The number of aliphatic hydroxyl groups is 1. The highest BCUT2D eigenvalue weighted by atomic mass is 16.5. The van der Waals surface area contributed by atoms with E-state index in [0.717, 1.165) is 0 Å². The van der Waals surface area contributed by atoms with Crippen molar-refractivity contribution in [3.63, 3.8) is 0 Å². The molecule has 134 valence electrons. The fraction of sp³-hybridized carbons (Fsp3) is 0.471. The number of hydrogen-bond acceptors (Lipinski definition) is 6. The lowest BCUT2D eigenvalue weighted by Gasteiger charge is -2.34. The lowest BCUT2D eigenvalue weighted by Crippen LogP contribution is -2.49. The number of nitrogens with one attached hydrogen (secondary N) is 1. The van der Waals surface area contributed by atoms with E-state index in [1.807, 2.05) is 11.0 Å². The topological polar surface area (TPSA) is 96.7 Å². The van der Waals surface area contributed by atoms with Crippen molar-refractivity contribution in [2.75, 3.05) is 37.7 Å². The first-order valence-corrected chi connectivity index (χ1v) is 8.31. The molecule has 2 aromatic rings. The maximum absolute atomic E-state index is 12.8. The number of carbonyl (C=O) groups excluding carboxylic acids is 1. The Bertz CT molecular complexity index is 820. The van der Waals surface area contributed by atoms with Gasteiger partial charge in [-0.15, -0.1) is 0 Å². The molecule has 1 aromatic heterocycles. The number of nitrogens with zero attached hydrogens (tertiary/aromatic N) is 3. The molecule has 1 aliphatic heterocycles. The Kier molecular flexibility index (Phi) is 5.30. The van der Waals surface area contributed by atoms with Crippen LogP contribution in [0.25, 0.3) is 10.9 Å². The van der Waals surface area contributed by atoms with Gasteiger partial charge >= 0.3 is 0 Å². The molecular formula is C17H22N4O4. The van der Waals surface area contributed by atoms with Gasteiger partial charge < -0.3 is 20.1 Å². The summed E-state index contributed by atoms with van der Waals surface area (Å²) in [5, 5.41) is 12.6. The van der Waals surface area contributed by atoms with Crippen molar-refractivity contribution in [1.29, 1.82) is 0 Å². The SMILES string of the molecule is CC(=O)NCC1CN(c2nc3ccccc3c(=O)n2CCO)CCO1. The number of aromatic nitrogens is 2. The quantitative estimate of drug-likeness (QED) is 0.774. The van der Waals surface area contributed by atoms with Crippen LogP contribution in [0.15, 0.2) is 29.1 Å². The molecule has 1 aromatic carbocycles. The number of para-hydroxylation sites is 1. The Balaban J connectivity index is 1.94. The Morgan fingerprint density at radius 3 is 3.00 bits per heavy atom. The monoisotopic (exact) mass is 346 g/mol. The Morgan fingerprint density at radius 2 is 2.24 bits per heavy atom. The first kappa shape index (κ1) is 17.4. The van der Waals surface area contributed by atoms with E-state index in [2.05, 4.69) is 10.3 Å². The van der Waals surface area contributed by atoms with Crippen LogP contribution in [0.2, 0.25) is 0 Å². The molecule has 1 unspecified atom stereocenters. The molecule has 0 saturated carbocycles. The summed E-state index contributed by atoms with van der Waals surface area (Å²) in [6, 6.07) is 7.18. The van der Waals surface area contributed by atoms with Gasteiger partial charge in [-0.3, -0.25) is 14.2 Å². The first-order chi connectivity index (χ1) is 12.1. The smallest absolute Gasteiger partial charge is 0.262 e. The molecule has 25 heavy (non-hydrogen) atoms. The number of carbonyl (C=O) groups is 1. The van der Waals surface area contributed by atoms with E-state index >= 15 is 0 Å². The molecule has 1 amide bonds. The summed E-state index contributed by atoms with van der Waals surface area (Å²) < 4.78 is 7.18. The van der Waals surface area contributed by atoms with Crippen LogP contribution in [-0.2, 0) is 16.1 Å². The molecular weight excluding hydrogens is 324 g/mol. The average Bonchev–Trinajstić information content (AvgIpc) is 2.62. The van der Waals surface area contributed by atoms with Gasteiger partial charge in [-0.1, -0.05) is 12.1 Å². The maximum Gasteiger partial charge on any atom is 0.262 e. The summed E-state index contributed by atoms with van der Waals surface area (Å²) in [6.07, 6.45) is -0.177. The van der Waals surface area contributed by atoms with Crippen LogP contribution < -0.4 is 15.8 Å². The minimum absolute atomic E-state index is 0.109. The second-order valence-corrected chi connectivity index (χ2v) is 5.99. The number of benzene rings is 1. The molecule has 0 bridgehead atoms. The highest BCUT2D eigenvalue weighted by Crippen LogP contribution is 2.18. The van der Waals surface area contributed by atoms with E-state index in [1.54, 1.807) is 18.2 Å². The number of ether oxygens (including phenoxy) is 1. The predicted octanol–water partition coefficient (Wildman–Crippen LogP) is -0.270. The molecule has 0 aliphatic carbocycles. The van der Waals surface area contributed by atoms with Crippen molar-refractivity contribution in [3.05, 3.63) is 34.6 Å². The second-order valence-electron chi connectivity index (χ2n) is 5.99. The molecule has 3 rings (SSSR count). The number of aliphatic hydroxyl groups excluding tert-OH is 1. The van der Waals surface area contributed by atoms with E-state index in [-0.39, 0.29) is 30.7 Å². The standard InChI is InChI=1S/C17H22N4O4/c1-12(23)18-10-13-11-20(7-9-25-13)17-19-15-5-3-2-4-14(15)16(24)21(17)6-8-22/h2-5,13,22H,6-11H2,1H3,(H,18,23). The minimum Gasteiger partial charge on any atom is -0.395 e. The number of fused-ring (bicyclic) bond motifs is 1. The lowest BCUT2D eigenvalue weighted by molar-refractivity contribution is -0.119. The van der Waals surface area contributed by atoms with E-state index in [4.69, 9.17) is 4.74 Å². The largest absolute Gasteiger partial charge is 0.395 e. The Morgan fingerprint density at radius 1 is 1.44 bits per heavy atom. The summed E-state index contributed by atoms with van der Waals surface area (Å²) in [7, 11) is 0. The third-order valence-corrected chi connectivity index (χ3v) is 4.17. The molecule has 2 N–H and O–H groups in total. The van der Waals surface area contributed by atoms with E-state index < -0.39 is 0 Å². The predicted molar refractivity (Wildman–Crippen MR) is 93.7 cm³/mol. The number of rotatable bonds is 5. The molecule has 0 radical (unpaired) electrons. The van der Waals surface area contributed by atoms with Gasteiger partial charge in [0, 0.05) is 26.6 Å². The van der Waals surface area contributed by atoms with E-state index in [1.165, 1.54) is 11.5 Å². The highest BCUT2D eigenvalue weighted by molar-refractivity contribution is 5.78. The fourth-order valence-electron chi connectivity index (χ4n) is 2.98. The molecule has 1 atom stereocenters. The van der Waals surface area contributed by atoms with Crippen molar-refractivity contribution in [2.24, 2.45) is 0 Å². The van der Waals surface area contributed by atoms with Crippen LogP contribution in [0.3, 0.4) is 0 Å². The van der Waals surface area contributed by atoms with Crippen molar-refractivity contribution in [1.82, 2.24) is 14.9 Å². The molecule has 1 fully saturated rings. The van der Waals surface area contributed by atoms with Gasteiger partial charge in [0.15, 0.2) is 0 Å². The minimum atomic E-state index is -0.177. The van der Waals surface area contributed by atoms with Gasteiger partial charge in [0.05, 0.1) is 36.8 Å². The normalized spacial score (nSPS) is 17.7. The van der Waals surface area contributed by atoms with Crippen LogP contribution in [0.1, 0.15) is 6.92 Å². The molecule has 0 spiro atoms. The van der Waals surface area contributed by atoms with Crippen molar-refractivity contribution in [2.45, 2.75) is 19.6 Å². The zero-order valence-electron chi connectivity index (χ0n) is 14.1.